The fourth-order valence-corrected chi connectivity index (χ4v) is 4.49. The van der Waals surface area contributed by atoms with Crippen LogP contribution in [0.25, 0.3) is 0 Å². The number of hydrogen-bond acceptors (Lipinski definition) is 6. The summed E-state index contributed by atoms with van der Waals surface area (Å²) >= 11 is 3.33. The van der Waals surface area contributed by atoms with Gasteiger partial charge in [0, 0.05) is 59.6 Å². The number of non-ortho nitro benzene ring substituents is 1. The Balaban J connectivity index is 1.82. The van der Waals surface area contributed by atoms with E-state index in [-0.39, 0.29) is 17.5 Å². The van der Waals surface area contributed by atoms with E-state index in [1.54, 1.807) is 24.3 Å². The number of piperidine rings is 1. The van der Waals surface area contributed by atoms with E-state index in [4.69, 9.17) is 0 Å². The second-order valence-electron chi connectivity index (χ2n) is 8.01. The van der Waals surface area contributed by atoms with E-state index in [0.29, 0.717) is 30.8 Å². The predicted molar refractivity (Wildman–Crippen MR) is 135 cm³/mol. The van der Waals surface area contributed by atoms with Crippen LogP contribution in [0.2, 0.25) is 0 Å². The molecule has 34 heavy (non-hydrogen) atoms. The summed E-state index contributed by atoms with van der Waals surface area (Å²) in [4.78, 5) is 40.1. The molecular formula is C24H28BrN5O4. The SMILES string of the molecule is CCN(CC)C(=O)[C@@H]1CCCN(c2ccc([N+](=O)[O-])cc2C=NNC(=O)c2cccc(Br)c2)C1. The molecular weight excluding hydrogens is 502 g/mol. The van der Waals surface area contributed by atoms with Gasteiger partial charge in [-0.1, -0.05) is 22.0 Å². The van der Waals surface area contributed by atoms with E-state index in [0.717, 1.165) is 29.5 Å². The van der Waals surface area contributed by atoms with Gasteiger partial charge in [0.25, 0.3) is 11.6 Å². The quantitative estimate of drug-likeness (QED) is 0.313. The molecule has 0 unspecified atom stereocenters. The lowest BCUT2D eigenvalue weighted by molar-refractivity contribution is -0.384. The second-order valence-corrected chi connectivity index (χ2v) is 8.92. The molecule has 1 atom stereocenters. The number of nitro benzene ring substituents is 1. The maximum Gasteiger partial charge on any atom is 0.271 e. The Labute approximate surface area is 207 Å². The van der Waals surface area contributed by atoms with Gasteiger partial charge in [0.05, 0.1) is 17.1 Å². The van der Waals surface area contributed by atoms with Crippen molar-refractivity contribution in [1.82, 2.24) is 10.3 Å². The molecule has 1 aliphatic rings. The molecule has 2 aromatic rings. The van der Waals surface area contributed by atoms with Crippen LogP contribution >= 0.6 is 15.9 Å². The molecule has 0 radical (unpaired) electrons. The average molecular weight is 530 g/mol. The highest BCUT2D eigenvalue weighted by molar-refractivity contribution is 9.10. The minimum absolute atomic E-state index is 0.0729. The van der Waals surface area contributed by atoms with Crippen molar-refractivity contribution in [2.75, 3.05) is 31.1 Å². The zero-order valence-electron chi connectivity index (χ0n) is 19.2. The number of amides is 2. The summed E-state index contributed by atoms with van der Waals surface area (Å²) in [6, 6.07) is 11.4. The van der Waals surface area contributed by atoms with Crippen molar-refractivity contribution in [3.05, 3.63) is 68.2 Å². The van der Waals surface area contributed by atoms with Crippen molar-refractivity contribution in [3.8, 4) is 0 Å². The Morgan fingerprint density at radius 3 is 2.71 bits per heavy atom. The third-order valence-electron chi connectivity index (χ3n) is 5.86. The second kappa shape index (κ2) is 11.7. The summed E-state index contributed by atoms with van der Waals surface area (Å²) in [6.07, 6.45) is 3.06. The fraction of sp³-hybridized carbons (Fsp3) is 0.375. The molecule has 0 spiro atoms. The van der Waals surface area contributed by atoms with Gasteiger partial charge in [0.1, 0.15) is 0 Å². The van der Waals surface area contributed by atoms with Crippen LogP contribution in [0.5, 0.6) is 0 Å². The summed E-state index contributed by atoms with van der Waals surface area (Å²) in [5.41, 5.74) is 4.07. The summed E-state index contributed by atoms with van der Waals surface area (Å²) in [7, 11) is 0. The molecule has 0 saturated carbocycles. The van der Waals surface area contributed by atoms with Crippen LogP contribution in [0.1, 0.15) is 42.6 Å². The molecule has 10 heteroatoms. The highest BCUT2D eigenvalue weighted by atomic mass is 79.9. The number of anilines is 1. The maximum absolute atomic E-state index is 12.9. The molecule has 1 saturated heterocycles. The fourth-order valence-electron chi connectivity index (χ4n) is 4.09. The Bertz CT molecular complexity index is 1090. The Kier molecular flexibility index (Phi) is 8.75. The number of hydrazone groups is 1. The van der Waals surface area contributed by atoms with Crippen molar-refractivity contribution < 1.29 is 14.5 Å². The average Bonchev–Trinajstić information content (AvgIpc) is 2.84. The lowest BCUT2D eigenvalue weighted by Gasteiger charge is -2.36. The molecule has 2 amide bonds. The van der Waals surface area contributed by atoms with E-state index in [1.165, 1.54) is 18.3 Å². The number of nitrogens with one attached hydrogen (secondary N) is 1. The van der Waals surface area contributed by atoms with E-state index >= 15 is 0 Å². The van der Waals surface area contributed by atoms with Gasteiger partial charge < -0.3 is 9.80 Å². The zero-order chi connectivity index (χ0) is 24.7. The molecule has 1 aliphatic heterocycles. The number of hydrogen-bond donors (Lipinski definition) is 1. The van der Waals surface area contributed by atoms with E-state index in [9.17, 15) is 19.7 Å². The largest absolute Gasteiger partial charge is 0.370 e. The molecule has 3 rings (SSSR count). The maximum atomic E-state index is 12.9. The van der Waals surface area contributed by atoms with Crippen molar-refractivity contribution in [1.29, 1.82) is 0 Å². The Morgan fingerprint density at radius 2 is 2.03 bits per heavy atom. The smallest absolute Gasteiger partial charge is 0.271 e. The summed E-state index contributed by atoms with van der Waals surface area (Å²) in [5.74, 6) is -0.398. The first-order valence-corrected chi connectivity index (χ1v) is 12.0. The lowest BCUT2D eigenvalue weighted by Crippen LogP contribution is -2.45. The molecule has 9 nitrogen and oxygen atoms in total. The highest BCUT2D eigenvalue weighted by Gasteiger charge is 2.29. The van der Waals surface area contributed by atoms with Crippen LogP contribution in [0.3, 0.4) is 0 Å². The van der Waals surface area contributed by atoms with Gasteiger partial charge >= 0.3 is 0 Å². The summed E-state index contributed by atoms with van der Waals surface area (Å²) in [6.45, 7) is 6.52. The number of halogens is 1. The number of carbonyl (C=O) groups excluding carboxylic acids is 2. The minimum atomic E-state index is -0.468. The topological polar surface area (TPSA) is 108 Å². The molecule has 180 valence electrons. The third kappa shape index (κ3) is 6.19. The van der Waals surface area contributed by atoms with Crippen LogP contribution in [-0.4, -0.2) is 54.0 Å². The first kappa shape index (κ1) is 25.4. The van der Waals surface area contributed by atoms with Crippen LogP contribution in [0, 0.1) is 16.0 Å². The van der Waals surface area contributed by atoms with Crippen LogP contribution < -0.4 is 10.3 Å². The molecule has 1 heterocycles. The van der Waals surface area contributed by atoms with Gasteiger partial charge in [0.2, 0.25) is 5.91 Å². The van der Waals surface area contributed by atoms with E-state index < -0.39 is 10.8 Å². The van der Waals surface area contributed by atoms with Crippen molar-refractivity contribution >= 4 is 45.3 Å². The Hall–Kier alpha value is -3.27. The van der Waals surface area contributed by atoms with Crippen molar-refractivity contribution in [3.63, 3.8) is 0 Å². The first-order valence-electron chi connectivity index (χ1n) is 11.2. The normalized spacial score (nSPS) is 15.9. The summed E-state index contributed by atoms with van der Waals surface area (Å²) in [5, 5.41) is 15.4. The molecule has 1 N–H and O–H groups in total. The van der Waals surface area contributed by atoms with Crippen molar-refractivity contribution in [2.24, 2.45) is 11.0 Å². The first-order chi connectivity index (χ1) is 16.3. The van der Waals surface area contributed by atoms with Gasteiger partial charge in [-0.25, -0.2) is 5.43 Å². The van der Waals surface area contributed by atoms with Crippen LogP contribution in [0.4, 0.5) is 11.4 Å². The molecule has 0 aromatic heterocycles. The number of carbonyl (C=O) groups is 2. The highest BCUT2D eigenvalue weighted by Crippen LogP contribution is 2.29. The molecule has 1 fully saturated rings. The number of benzene rings is 2. The number of nitrogens with zero attached hydrogens (tertiary/aromatic N) is 4. The van der Waals surface area contributed by atoms with Crippen LogP contribution in [-0.2, 0) is 4.79 Å². The summed E-state index contributed by atoms with van der Waals surface area (Å²) < 4.78 is 0.768. The zero-order valence-corrected chi connectivity index (χ0v) is 20.8. The van der Waals surface area contributed by atoms with Gasteiger partial charge in [-0.15, -0.1) is 0 Å². The number of rotatable bonds is 8. The van der Waals surface area contributed by atoms with Crippen molar-refractivity contribution in [2.45, 2.75) is 26.7 Å². The molecule has 0 bridgehead atoms. The minimum Gasteiger partial charge on any atom is -0.370 e. The van der Waals surface area contributed by atoms with E-state index in [1.807, 2.05) is 24.8 Å². The van der Waals surface area contributed by atoms with Gasteiger partial charge in [0.15, 0.2) is 0 Å². The van der Waals surface area contributed by atoms with Crippen LogP contribution in [0.15, 0.2) is 52.0 Å². The number of nitro groups is 1. The van der Waals surface area contributed by atoms with E-state index in [2.05, 4.69) is 31.4 Å². The monoisotopic (exact) mass is 529 g/mol. The Morgan fingerprint density at radius 1 is 1.26 bits per heavy atom. The predicted octanol–water partition coefficient (Wildman–Crippen LogP) is 4.21. The third-order valence-corrected chi connectivity index (χ3v) is 6.36. The molecule has 0 aliphatic carbocycles. The van der Waals surface area contributed by atoms with Gasteiger partial charge in [-0.2, -0.15) is 5.10 Å². The lowest BCUT2D eigenvalue weighted by atomic mass is 9.95. The molecule has 2 aromatic carbocycles. The standard InChI is InChI=1S/C24H28BrN5O4/c1-3-28(4-2)24(32)18-8-6-12-29(16-18)22-11-10-21(30(33)34)14-19(22)15-26-27-23(31)17-7-5-9-20(25)13-17/h5,7,9-11,13-15,18H,3-4,6,8,12,16H2,1-2H3,(H,27,31)/t18-/m1/s1. The van der Waals surface area contributed by atoms with Gasteiger partial charge in [-0.05, 0) is 51.0 Å². The van der Waals surface area contributed by atoms with Gasteiger partial charge in [-0.3, -0.25) is 19.7 Å².